The fourth-order valence-corrected chi connectivity index (χ4v) is 3.69. The summed E-state index contributed by atoms with van der Waals surface area (Å²) >= 11 is 0. The van der Waals surface area contributed by atoms with Gasteiger partial charge in [-0.05, 0) is 54.8 Å². The SMILES string of the molecule is CC(=O)Nc1ccc(C(=O)N2CCCC2c2ccc3c(c2)OCCO3)cc1. The fourth-order valence-electron chi connectivity index (χ4n) is 3.69. The Balaban J connectivity index is 1.54. The Morgan fingerprint density at radius 1 is 1.04 bits per heavy atom. The third-order valence-corrected chi connectivity index (χ3v) is 4.92. The second kappa shape index (κ2) is 7.31. The van der Waals surface area contributed by atoms with Crippen molar-refractivity contribution in [3.05, 3.63) is 53.6 Å². The number of carbonyl (C=O) groups excluding carboxylic acids is 2. The van der Waals surface area contributed by atoms with Gasteiger partial charge >= 0.3 is 0 Å². The molecule has 2 heterocycles. The number of hydrogen-bond acceptors (Lipinski definition) is 4. The van der Waals surface area contributed by atoms with Crippen molar-refractivity contribution in [1.29, 1.82) is 0 Å². The molecule has 0 radical (unpaired) electrons. The molecule has 4 rings (SSSR count). The molecule has 0 aromatic heterocycles. The van der Waals surface area contributed by atoms with Crippen molar-refractivity contribution >= 4 is 17.5 Å². The van der Waals surface area contributed by atoms with Crippen LogP contribution in [0.2, 0.25) is 0 Å². The summed E-state index contributed by atoms with van der Waals surface area (Å²) in [5.74, 6) is 1.38. The van der Waals surface area contributed by atoms with E-state index < -0.39 is 0 Å². The van der Waals surface area contributed by atoms with Crippen LogP contribution in [0, 0.1) is 0 Å². The van der Waals surface area contributed by atoms with E-state index in [0.717, 1.165) is 36.4 Å². The number of likely N-dealkylation sites (tertiary alicyclic amines) is 1. The zero-order valence-electron chi connectivity index (χ0n) is 15.2. The number of amides is 2. The zero-order valence-corrected chi connectivity index (χ0v) is 15.2. The predicted molar refractivity (Wildman–Crippen MR) is 101 cm³/mol. The molecule has 1 fully saturated rings. The molecular weight excluding hydrogens is 344 g/mol. The van der Waals surface area contributed by atoms with Gasteiger partial charge in [-0.3, -0.25) is 9.59 Å². The van der Waals surface area contributed by atoms with Crippen LogP contribution in [0.5, 0.6) is 11.5 Å². The number of ether oxygens (including phenoxy) is 2. The Morgan fingerprint density at radius 3 is 2.52 bits per heavy atom. The Labute approximate surface area is 158 Å². The molecule has 2 aromatic carbocycles. The summed E-state index contributed by atoms with van der Waals surface area (Å²) in [6.07, 6.45) is 1.89. The number of rotatable bonds is 3. The first kappa shape index (κ1) is 17.4. The van der Waals surface area contributed by atoms with Gasteiger partial charge in [-0.25, -0.2) is 0 Å². The van der Waals surface area contributed by atoms with E-state index in [1.165, 1.54) is 6.92 Å². The predicted octanol–water partition coefficient (Wildman–Crippen LogP) is 3.39. The Hall–Kier alpha value is -3.02. The van der Waals surface area contributed by atoms with Crippen LogP contribution in [0.15, 0.2) is 42.5 Å². The highest BCUT2D eigenvalue weighted by molar-refractivity contribution is 5.96. The number of nitrogens with zero attached hydrogens (tertiary/aromatic N) is 1. The molecule has 0 saturated carbocycles. The van der Waals surface area contributed by atoms with Crippen LogP contribution in [0.25, 0.3) is 0 Å². The molecule has 1 N–H and O–H groups in total. The third-order valence-electron chi connectivity index (χ3n) is 4.92. The first-order valence-corrected chi connectivity index (χ1v) is 9.20. The van der Waals surface area contributed by atoms with Gasteiger partial charge in [-0.2, -0.15) is 0 Å². The Kier molecular flexibility index (Phi) is 4.71. The number of nitrogens with one attached hydrogen (secondary N) is 1. The maximum absolute atomic E-state index is 13.0. The average molecular weight is 366 g/mol. The van der Waals surface area contributed by atoms with Gasteiger partial charge in [0, 0.05) is 24.7 Å². The van der Waals surface area contributed by atoms with E-state index in [2.05, 4.69) is 5.32 Å². The molecule has 2 aliphatic heterocycles. The fraction of sp³-hybridized carbons (Fsp3) is 0.333. The normalized spacial score (nSPS) is 18.3. The Bertz CT molecular complexity index is 863. The average Bonchev–Trinajstić information content (AvgIpc) is 3.17. The lowest BCUT2D eigenvalue weighted by Crippen LogP contribution is -2.30. The smallest absolute Gasteiger partial charge is 0.254 e. The first-order chi connectivity index (χ1) is 13.1. The van der Waals surface area contributed by atoms with E-state index in [0.29, 0.717) is 24.5 Å². The van der Waals surface area contributed by atoms with Gasteiger partial charge in [0.25, 0.3) is 5.91 Å². The summed E-state index contributed by atoms with van der Waals surface area (Å²) < 4.78 is 11.3. The minimum absolute atomic E-state index is 0.00163. The van der Waals surface area contributed by atoms with Gasteiger partial charge in [0.2, 0.25) is 5.91 Å². The molecule has 1 atom stereocenters. The van der Waals surface area contributed by atoms with Gasteiger partial charge in [0.15, 0.2) is 11.5 Å². The standard InChI is InChI=1S/C21H22N2O4/c1-14(24)22-17-7-4-15(5-8-17)21(25)23-10-2-3-18(23)16-6-9-19-20(13-16)27-12-11-26-19/h4-9,13,18H,2-3,10-12H2,1H3,(H,22,24). The van der Waals surface area contributed by atoms with Crippen molar-refractivity contribution in [2.75, 3.05) is 25.1 Å². The van der Waals surface area contributed by atoms with Crippen molar-refractivity contribution in [2.24, 2.45) is 0 Å². The van der Waals surface area contributed by atoms with Crippen LogP contribution in [-0.2, 0) is 4.79 Å². The molecule has 0 aliphatic carbocycles. The number of fused-ring (bicyclic) bond motifs is 1. The van der Waals surface area contributed by atoms with Gasteiger partial charge in [-0.15, -0.1) is 0 Å². The van der Waals surface area contributed by atoms with E-state index in [9.17, 15) is 9.59 Å². The molecular formula is C21H22N2O4. The highest BCUT2D eigenvalue weighted by atomic mass is 16.6. The molecule has 2 aromatic rings. The quantitative estimate of drug-likeness (QED) is 0.904. The molecule has 0 bridgehead atoms. The summed E-state index contributed by atoms with van der Waals surface area (Å²) in [6, 6.07) is 13.0. The second-order valence-corrected chi connectivity index (χ2v) is 6.82. The van der Waals surface area contributed by atoms with E-state index in [1.807, 2.05) is 23.1 Å². The van der Waals surface area contributed by atoms with Gasteiger partial charge in [0.1, 0.15) is 13.2 Å². The monoisotopic (exact) mass is 366 g/mol. The van der Waals surface area contributed by atoms with Crippen molar-refractivity contribution in [3.8, 4) is 11.5 Å². The lowest BCUT2D eigenvalue weighted by Gasteiger charge is -2.27. The van der Waals surface area contributed by atoms with E-state index in [-0.39, 0.29) is 17.9 Å². The maximum atomic E-state index is 13.0. The van der Waals surface area contributed by atoms with Crippen molar-refractivity contribution in [1.82, 2.24) is 4.90 Å². The summed E-state index contributed by atoms with van der Waals surface area (Å²) in [7, 11) is 0. The van der Waals surface area contributed by atoms with E-state index in [1.54, 1.807) is 24.3 Å². The van der Waals surface area contributed by atoms with Gasteiger partial charge < -0.3 is 19.7 Å². The van der Waals surface area contributed by atoms with Crippen LogP contribution in [0.3, 0.4) is 0 Å². The highest BCUT2D eigenvalue weighted by Crippen LogP contribution is 2.38. The molecule has 140 valence electrons. The van der Waals surface area contributed by atoms with Crippen LogP contribution in [-0.4, -0.2) is 36.5 Å². The topological polar surface area (TPSA) is 67.9 Å². The molecule has 0 spiro atoms. The van der Waals surface area contributed by atoms with Crippen LogP contribution in [0.1, 0.15) is 41.7 Å². The molecule has 1 saturated heterocycles. The van der Waals surface area contributed by atoms with E-state index >= 15 is 0 Å². The largest absolute Gasteiger partial charge is 0.486 e. The van der Waals surface area contributed by atoms with Crippen molar-refractivity contribution in [2.45, 2.75) is 25.8 Å². The minimum Gasteiger partial charge on any atom is -0.486 e. The number of hydrogen-bond donors (Lipinski definition) is 1. The summed E-state index contributed by atoms with van der Waals surface area (Å²) in [5, 5.41) is 2.71. The third kappa shape index (κ3) is 3.60. The molecule has 6 nitrogen and oxygen atoms in total. The Morgan fingerprint density at radius 2 is 1.78 bits per heavy atom. The first-order valence-electron chi connectivity index (χ1n) is 9.20. The summed E-state index contributed by atoms with van der Waals surface area (Å²) in [6.45, 7) is 3.30. The summed E-state index contributed by atoms with van der Waals surface area (Å²) in [5.41, 5.74) is 2.37. The zero-order chi connectivity index (χ0) is 18.8. The van der Waals surface area contributed by atoms with E-state index in [4.69, 9.17) is 9.47 Å². The van der Waals surface area contributed by atoms with Crippen LogP contribution >= 0.6 is 0 Å². The van der Waals surface area contributed by atoms with Gasteiger partial charge in [0.05, 0.1) is 6.04 Å². The van der Waals surface area contributed by atoms with Crippen molar-refractivity contribution < 1.29 is 19.1 Å². The van der Waals surface area contributed by atoms with Crippen LogP contribution in [0.4, 0.5) is 5.69 Å². The number of carbonyl (C=O) groups is 2. The molecule has 27 heavy (non-hydrogen) atoms. The second-order valence-electron chi connectivity index (χ2n) is 6.82. The molecule has 6 heteroatoms. The van der Waals surface area contributed by atoms with Gasteiger partial charge in [-0.1, -0.05) is 6.07 Å². The number of benzene rings is 2. The minimum atomic E-state index is -0.132. The molecule has 2 aliphatic rings. The lowest BCUT2D eigenvalue weighted by atomic mass is 10.0. The summed E-state index contributed by atoms with van der Waals surface area (Å²) in [4.78, 5) is 26.1. The lowest BCUT2D eigenvalue weighted by molar-refractivity contribution is -0.114. The maximum Gasteiger partial charge on any atom is 0.254 e. The highest BCUT2D eigenvalue weighted by Gasteiger charge is 2.31. The van der Waals surface area contributed by atoms with Crippen molar-refractivity contribution in [3.63, 3.8) is 0 Å². The molecule has 1 unspecified atom stereocenters. The molecule has 2 amide bonds. The number of anilines is 1. The van der Waals surface area contributed by atoms with Crippen LogP contribution < -0.4 is 14.8 Å².